The smallest absolute Gasteiger partial charge is 0.255 e. The summed E-state index contributed by atoms with van der Waals surface area (Å²) in [6, 6.07) is 9.71. The molecule has 3 heterocycles. The van der Waals surface area contributed by atoms with Crippen LogP contribution in [0.1, 0.15) is 40.7 Å². The first kappa shape index (κ1) is 15.1. The highest BCUT2D eigenvalue weighted by Crippen LogP contribution is 2.33. The zero-order valence-electron chi connectivity index (χ0n) is 13.3. The largest absolute Gasteiger partial charge is 0.337 e. The van der Waals surface area contributed by atoms with Gasteiger partial charge in [0.05, 0.1) is 5.56 Å². The SMILES string of the molecule is Cc1cccc(-c2noc(C3CCCN3C(=O)c3ccsc3)n2)c1. The van der Waals surface area contributed by atoms with Crippen LogP contribution in [0.25, 0.3) is 11.4 Å². The van der Waals surface area contributed by atoms with Gasteiger partial charge in [0.1, 0.15) is 6.04 Å². The first-order chi connectivity index (χ1) is 11.7. The summed E-state index contributed by atoms with van der Waals surface area (Å²) in [6.07, 6.45) is 1.80. The second-order valence-electron chi connectivity index (χ2n) is 5.99. The van der Waals surface area contributed by atoms with E-state index in [1.807, 2.05) is 52.9 Å². The van der Waals surface area contributed by atoms with Gasteiger partial charge in [-0.15, -0.1) is 0 Å². The minimum atomic E-state index is -0.136. The second-order valence-corrected chi connectivity index (χ2v) is 6.77. The maximum atomic E-state index is 12.7. The predicted molar refractivity (Wildman–Crippen MR) is 91.8 cm³/mol. The van der Waals surface area contributed by atoms with Gasteiger partial charge in [0, 0.05) is 17.5 Å². The van der Waals surface area contributed by atoms with E-state index in [0.29, 0.717) is 11.7 Å². The Hall–Kier alpha value is -2.47. The number of nitrogens with zero attached hydrogens (tertiary/aromatic N) is 3. The molecule has 1 saturated heterocycles. The molecule has 6 heteroatoms. The van der Waals surface area contributed by atoms with E-state index in [-0.39, 0.29) is 11.9 Å². The normalized spacial score (nSPS) is 17.4. The topological polar surface area (TPSA) is 59.2 Å². The van der Waals surface area contributed by atoms with Crippen LogP contribution in [0.15, 0.2) is 45.6 Å². The van der Waals surface area contributed by atoms with Crippen LogP contribution in [0.4, 0.5) is 0 Å². The molecule has 3 aromatic rings. The fourth-order valence-corrected chi connectivity index (χ4v) is 3.72. The Labute approximate surface area is 143 Å². The van der Waals surface area contributed by atoms with E-state index < -0.39 is 0 Å². The number of carbonyl (C=O) groups excluding carboxylic acids is 1. The van der Waals surface area contributed by atoms with E-state index in [9.17, 15) is 4.79 Å². The number of benzene rings is 1. The Morgan fingerprint density at radius 3 is 3.08 bits per heavy atom. The van der Waals surface area contributed by atoms with Gasteiger partial charge in [-0.05, 0) is 37.3 Å². The minimum absolute atomic E-state index is 0.0362. The molecule has 4 rings (SSSR count). The molecule has 1 aliphatic rings. The number of carbonyl (C=O) groups is 1. The van der Waals surface area contributed by atoms with Crippen LogP contribution < -0.4 is 0 Å². The average molecular weight is 339 g/mol. The quantitative estimate of drug-likeness (QED) is 0.721. The molecule has 122 valence electrons. The summed E-state index contributed by atoms with van der Waals surface area (Å²) in [5.41, 5.74) is 2.80. The number of thiophene rings is 1. The summed E-state index contributed by atoms with van der Waals surface area (Å²) >= 11 is 1.53. The van der Waals surface area contributed by atoms with Gasteiger partial charge in [0.2, 0.25) is 11.7 Å². The lowest BCUT2D eigenvalue weighted by Gasteiger charge is -2.21. The number of aromatic nitrogens is 2. The van der Waals surface area contributed by atoms with Gasteiger partial charge in [0.25, 0.3) is 5.91 Å². The molecule has 24 heavy (non-hydrogen) atoms. The molecule has 1 atom stereocenters. The fourth-order valence-electron chi connectivity index (χ4n) is 3.09. The van der Waals surface area contributed by atoms with Crippen molar-refractivity contribution < 1.29 is 9.32 Å². The fraction of sp³-hybridized carbons (Fsp3) is 0.278. The lowest BCUT2D eigenvalue weighted by molar-refractivity contribution is 0.0710. The summed E-state index contributed by atoms with van der Waals surface area (Å²) in [6.45, 7) is 2.75. The molecule has 1 fully saturated rings. The summed E-state index contributed by atoms with van der Waals surface area (Å²) in [4.78, 5) is 19.0. The molecule has 0 aliphatic carbocycles. The molecule has 0 radical (unpaired) electrons. The first-order valence-electron chi connectivity index (χ1n) is 7.96. The maximum Gasteiger partial charge on any atom is 0.255 e. The Bertz CT molecular complexity index is 857. The molecule has 1 aliphatic heterocycles. The number of amides is 1. The molecular weight excluding hydrogens is 322 g/mol. The van der Waals surface area contributed by atoms with Crippen LogP contribution in [0.2, 0.25) is 0 Å². The number of hydrogen-bond donors (Lipinski definition) is 0. The molecule has 1 amide bonds. The molecule has 1 aromatic carbocycles. The standard InChI is InChI=1S/C18H17N3O2S/c1-12-4-2-5-13(10-12)16-19-17(23-20-16)15-6-3-8-21(15)18(22)14-7-9-24-11-14/h2,4-5,7,9-11,15H,3,6,8H2,1H3. The van der Waals surface area contributed by atoms with Crippen molar-refractivity contribution in [3.05, 3.63) is 58.1 Å². The van der Waals surface area contributed by atoms with Crippen LogP contribution in [0, 0.1) is 6.92 Å². The monoisotopic (exact) mass is 339 g/mol. The minimum Gasteiger partial charge on any atom is -0.337 e. The Morgan fingerprint density at radius 1 is 1.38 bits per heavy atom. The van der Waals surface area contributed by atoms with Crippen molar-refractivity contribution in [2.24, 2.45) is 0 Å². The van der Waals surface area contributed by atoms with Crippen LogP contribution in [-0.4, -0.2) is 27.5 Å². The van der Waals surface area contributed by atoms with E-state index in [4.69, 9.17) is 4.52 Å². The maximum absolute atomic E-state index is 12.7. The number of aryl methyl sites for hydroxylation is 1. The third-order valence-electron chi connectivity index (χ3n) is 4.28. The Morgan fingerprint density at radius 2 is 2.29 bits per heavy atom. The van der Waals surface area contributed by atoms with Crippen molar-refractivity contribution >= 4 is 17.2 Å². The van der Waals surface area contributed by atoms with E-state index in [1.54, 1.807) is 0 Å². The molecule has 0 spiro atoms. The molecule has 0 N–H and O–H groups in total. The highest BCUT2D eigenvalue weighted by atomic mass is 32.1. The number of hydrogen-bond acceptors (Lipinski definition) is 5. The van der Waals surface area contributed by atoms with E-state index >= 15 is 0 Å². The third-order valence-corrected chi connectivity index (χ3v) is 4.97. The van der Waals surface area contributed by atoms with Gasteiger partial charge in [-0.3, -0.25) is 4.79 Å². The van der Waals surface area contributed by atoms with Gasteiger partial charge in [-0.25, -0.2) is 0 Å². The average Bonchev–Trinajstić information content (AvgIpc) is 3.33. The van der Waals surface area contributed by atoms with Gasteiger partial charge in [0.15, 0.2) is 0 Å². The van der Waals surface area contributed by atoms with Gasteiger partial charge in [-0.1, -0.05) is 28.9 Å². The van der Waals surface area contributed by atoms with Crippen molar-refractivity contribution in [3.63, 3.8) is 0 Å². The number of likely N-dealkylation sites (tertiary alicyclic amines) is 1. The molecule has 5 nitrogen and oxygen atoms in total. The van der Waals surface area contributed by atoms with Crippen molar-refractivity contribution in [2.75, 3.05) is 6.54 Å². The highest BCUT2D eigenvalue weighted by Gasteiger charge is 2.34. The molecule has 2 aromatic heterocycles. The predicted octanol–water partition coefficient (Wildman–Crippen LogP) is 4.08. The highest BCUT2D eigenvalue weighted by molar-refractivity contribution is 7.08. The first-order valence-corrected chi connectivity index (χ1v) is 8.90. The van der Waals surface area contributed by atoms with Crippen LogP contribution in [-0.2, 0) is 0 Å². The van der Waals surface area contributed by atoms with Crippen molar-refractivity contribution in [3.8, 4) is 11.4 Å². The third kappa shape index (κ3) is 2.73. The lowest BCUT2D eigenvalue weighted by Crippen LogP contribution is -2.30. The molecule has 0 saturated carbocycles. The van der Waals surface area contributed by atoms with E-state index in [1.165, 1.54) is 11.3 Å². The Kier molecular flexibility index (Phi) is 3.90. The summed E-state index contributed by atoms with van der Waals surface area (Å²) in [5, 5.41) is 7.90. The van der Waals surface area contributed by atoms with Crippen LogP contribution in [0.3, 0.4) is 0 Å². The zero-order valence-corrected chi connectivity index (χ0v) is 14.1. The van der Waals surface area contributed by atoms with Gasteiger partial charge < -0.3 is 9.42 Å². The van der Waals surface area contributed by atoms with Crippen LogP contribution >= 0.6 is 11.3 Å². The number of rotatable bonds is 3. The lowest BCUT2D eigenvalue weighted by atomic mass is 10.1. The molecule has 1 unspecified atom stereocenters. The molecular formula is C18H17N3O2S. The van der Waals surface area contributed by atoms with E-state index in [0.717, 1.165) is 36.1 Å². The Balaban J connectivity index is 1.60. The zero-order chi connectivity index (χ0) is 16.5. The van der Waals surface area contributed by atoms with Crippen molar-refractivity contribution in [1.82, 2.24) is 15.0 Å². The van der Waals surface area contributed by atoms with Gasteiger partial charge in [-0.2, -0.15) is 16.3 Å². The molecule has 0 bridgehead atoms. The summed E-state index contributed by atoms with van der Waals surface area (Å²) in [7, 11) is 0. The summed E-state index contributed by atoms with van der Waals surface area (Å²) in [5.74, 6) is 1.13. The van der Waals surface area contributed by atoms with E-state index in [2.05, 4.69) is 10.1 Å². The van der Waals surface area contributed by atoms with Gasteiger partial charge >= 0.3 is 0 Å². The second kappa shape index (κ2) is 6.20. The van der Waals surface area contributed by atoms with Crippen LogP contribution in [0.5, 0.6) is 0 Å². The van der Waals surface area contributed by atoms with Crippen molar-refractivity contribution in [1.29, 1.82) is 0 Å². The summed E-state index contributed by atoms with van der Waals surface area (Å²) < 4.78 is 5.49. The van der Waals surface area contributed by atoms with Crippen molar-refractivity contribution in [2.45, 2.75) is 25.8 Å².